The second kappa shape index (κ2) is 4.22. The van der Waals surface area contributed by atoms with Gasteiger partial charge in [-0.3, -0.25) is 4.98 Å². The van der Waals surface area contributed by atoms with Gasteiger partial charge in [0.15, 0.2) is 0 Å². The van der Waals surface area contributed by atoms with Crippen LogP contribution in [0.5, 0.6) is 0 Å². The average molecular weight is 190 g/mol. The molecule has 1 aromatic rings. The van der Waals surface area contributed by atoms with Gasteiger partial charge in [0.2, 0.25) is 0 Å². The van der Waals surface area contributed by atoms with Crippen molar-refractivity contribution in [3.8, 4) is 0 Å². The first-order chi connectivity index (χ1) is 6.90. The molecule has 74 valence electrons. The van der Waals surface area contributed by atoms with Crippen LogP contribution in [0.4, 0.5) is 5.69 Å². The largest absolute Gasteiger partial charge is 0.370 e. The molecule has 0 amide bonds. The molecule has 0 saturated carbocycles. The van der Waals surface area contributed by atoms with E-state index in [0.717, 1.165) is 37.9 Å². The van der Waals surface area contributed by atoms with Crippen LogP contribution in [-0.4, -0.2) is 24.4 Å². The lowest BCUT2D eigenvalue weighted by atomic mass is 9.98. The molecule has 2 heterocycles. The molecule has 0 spiro atoms. The molecule has 0 unspecified atom stereocenters. The van der Waals surface area contributed by atoms with E-state index < -0.39 is 0 Å². The molecule has 0 aliphatic carbocycles. The highest BCUT2D eigenvalue weighted by Gasteiger charge is 2.18. The summed E-state index contributed by atoms with van der Waals surface area (Å²) in [6, 6.07) is 4.01. The molecule has 1 aromatic heterocycles. The van der Waals surface area contributed by atoms with E-state index in [4.69, 9.17) is 0 Å². The summed E-state index contributed by atoms with van der Waals surface area (Å²) in [5.74, 6) is 0.267. The van der Waals surface area contributed by atoms with Crippen LogP contribution in [-0.2, 0) is 4.79 Å². The smallest absolute Gasteiger partial charge is 0.123 e. The molecule has 0 bridgehead atoms. The van der Waals surface area contributed by atoms with E-state index in [1.165, 1.54) is 0 Å². The van der Waals surface area contributed by atoms with Gasteiger partial charge in [-0.2, -0.15) is 0 Å². The third-order valence-electron chi connectivity index (χ3n) is 2.74. The predicted molar refractivity (Wildman–Crippen MR) is 55.2 cm³/mol. The molecular formula is C11H14N2O. The fourth-order valence-electron chi connectivity index (χ4n) is 1.83. The Labute approximate surface area is 83.8 Å². The lowest BCUT2D eigenvalue weighted by Crippen LogP contribution is -2.34. The number of aromatic nitrogens is 1. The number of anilines is 1. The van der Waals surface area contributed by atoms with E-state index in [0.29, 0.717) is 0 Å². The molecule has 3 heteroatoms. The standard InChI is InChI=1S/C11H14N2O/c14-9-10-3-6-13(7-4-10)11-2-1-5-12-8-11/h1-2,5,8-10H,3-4,6-7H2. The summed E-state index contributed by atoms with van der Waals surface area (Å²) >= 11 is 0. The number of piperidine rings is 1. The summed E-state index contributed by atoms with van der Waals surface area (Å²) in [5.41, 5.74) is 1.16. The van der Waals surface area contributed by atoms with Crippen molar-refractivity contribution in [1.29, 1.82) is 0 Å². The molecule has 1 fully saturated rings. The van der Waals surface area contributed by atoms with Gasteiger partial charge < -0.3 is 9.69 Å². The zero-order valence-electron chi connectivity index (χ0n) is 8.10. The molecular weight excluding hydrogens is 176 g/mol. The van der Waals surface area contributed by atoms with E-state index in [1.54, 1.807) is 6.20 Å². The van der Waals surface area contributed by atoms with Gasteiger partial charge in [0.1, 0.15) is 6.29 Å². The van der Waals surface area contributed by atoms with E-state index in [2.05, 4.69) is 16.0 Å². The van der Waals surface area contributed by atoms with Gasteiger partial charge in [0.25, 0.3) is 0 Å². The lowest BCUT2D eigenvalue weighted by molar-refractivity contribution is -0.111. The normalized spacial score (nSPS) is 18.1. The molecule has 0 aromatic carbocycles. The van der Waals surface area contributed by atoms with Crippen molar-refractivity contribution >= 4 is 12.0 Å². The monoisotopic (exact) mass is 190 g/mol. The Morgan fingerprint density at radius 3 is 2.79 bits per heavy atom. The maximum atomic E-state index is 10.6. The molecule has 1 saturated heterocycles. The van der Waals surface area contributed by atoms with Crippen LogP contribution in [0.2, 0.25) is 0 Å². The van der Waals surface area contributed by atoms with E-state index in [1.807, 2.05) is 12.3 Å². The number of carbonyl (C=O) groups is 1. The summed E-state index contributed by atoms with van der Waals surface area (Å²) in [5, 5.41) is 0. The number of nitrogens with zero attached hydrogens (tertiary/aromatic N) is 2. The Kier molecular flexibility index (Phi) is 2.77. The summed E-state index contributed by atoms with van der Waals surface area (Å²) in [7, 11) is 0. The number of aldehydes is 1. The number of pyridine rings is 1. The van der Waals surface area contributed by atoms with Crippen LogP contribution in [0.25, 0.3) is 0 Å². The minimum absolute atomic E-state index is 0.267. The molecule has 14 heavy (non-hydrogen) atoms. The summed E-state index contributed by atoms with van der Waals surface area (Å²) in [4.78, 5) is 16.9. The highest BCUT2D eigenvalue weighted by molar-refractivity contribution is 5.55. The fourth-order valence-corrected chi connectivity index (χ4v) is 1.83. The minimum Gasteiger partial charge on any atom is -0.370 e. The topological polar surface area (TPSA) is 33.2 Å². The number of hydrogen-bond donors (Lipinski definition) is 0. The Morgan fingerprint density at radius 2 is 2.21 bits per heavy atom. The SMILES string of the molecule is O=CC1CCN(c2cccnc2)CC1. The second-order valence-corrected chi connectivity index (χ2v) is 3.67. The maximum Gasteiger partial charge on any atom is 0.123 e. The summed E-state index contributed by atoms with van der Waals surface area (Å²) < 4.78 is 0. The average Bonchev–Trinajstić information content (AvgIpc) is 2.30. The van der Waals surface area contributed by atoms with Crippen LogP contribution >= 0.6 is 0 Å². The Balaban J connectivity index is 1.99. The highest BCUT2D eigenvalue weighted by atomic mass is 16.1. The van der Waals surface area contributed by atoms with E-state index in [9.17, 15) is 4.79 Å². The van der Waals surface area contributed by atoms with Crippen LogP contribution in [0.1, 0.15) is 12.8 Å². The number of rotatable bonds is 2. The molecule has 2 rings (SSSR count). The molecule has 0 N–H and O–H groups in total. The van der Waals surface area contributed by atoms with Gasteiger partial charge in [-0.15, -0.1) is 0 Å². The van der Waals surface area contributed by atoms with Gasteiger partial charge in [0.05, 0.1) is 11.9 Å². The van der Waals surface area contributed by atoms with Crippen LogP contribution in [0.15, 0.2) is 24.5 Å². The number of hydrogen-bond acceptors (Lipinski definition) is 3. The molecule has 0 atom stereocenters. The van der Waals surface area contributed by atoms with Crippen LogP contribution in [0, 0.1) is 5.92 Å². The van der Waals surface area contributed by atoms with Crippen molar-refractivity contribution in [3.63, 3.8) is 0 Å². The van der Waals surface area contributed by atoms with Gasteiger partial charge in [0, 0.05) is 25.2 Å². The van der Waals surface area contributed by atoms with Crippen LogP contribution < -0.4 is 4.90 Å². The van der Waals surface area contributed by atoms with Gasteiger partial charge in [-0.25, -0.2) is 0 Å². The molecule has 1 aliphatic heterocycles. The molecule has 1 aliphatic rings. The first-order valence-corrected chi connectivity index (χ1v) is 5.00. The minimum atomic E-state index is 0.267. The number of carbonyl (C=O) groups excluding carboxylic acids is 1. The van der Waals surface area contributed by atoms with E-state index >= 15 is 0 Å². The quantitative estimate of drug-likeness (QED) is 0.662. The van der Waals surface area contributed by atoms with Gasteiger partial charge >= 0.3 is 0 Å². The van der Waals surface area contributed by atoms with Crippen molar-refractivity contribution in [2.24, 2.45) is 5.92 Å². The van der Waals surface area contributed by atoms with Crippen molar-refractivity contribution in [3.05, 3.63) is 24.5 Å². The van der Waals surface area contributed by atoms with Crippen molar-refractivity contribution in [2.45, 2.75) is 12.8 Å². The van der Waals surface area contributed by atoms with Gasteiger partial charge in [-0.05, 0) is 25.0 Å². The fraction of sp³-hybridized carbons (Fsp3) is 0.455. The summed E-state index contributed by atoms with van der Waals surface area (Å²) in [6.07, 6.45) is 6.68. The Bertz CT molecular complexity index is 291. The lowest BCUT2D eigenvalue weighted by Gasteiger charge is -2.31. The molecule has 3 nitrogen and oxygen atoms in total. The Hall–Kier alpha value is -1.38. The van der Waals surface area contributed by atoms with E-state index in [-0.39, 0.29) is 5.92 Å². The predicted octanol–water partition coefficient (Wildman–Crippen LogP) is 1.50. The first-order valence-electron chi connectivity index (χ1n) is 5.00. The van der Waals surface area contributed by atoms with Crippen molar-refractivity contribution in [2.75, 3.05) is 18.0 Å². The maximum absolute atomic E-state index is 10.6. The van der Waals surface area contributed by atoms with Crippen molar-refractivity contribution < 1.29 is 4.79 Å². The molecule has 0 radical (unpaired) electrons. The zero-order valence-corrected chi connectivity index (χ0v) is 8.10. The van der Waals surface area contributed by atoms with Crippen LogP contribution in [0.3, 0.4) is 0 Å². The first kappa shape index (κ1) is 9.19. The van der Waals surface area contributed by atoms with Crippen molar-refractivity contribution in [1.82, 2.24) is 4.98 Å². The second-order valence-electron chi connectivity index (χ2n) is 3.67. The Morgan fingerprint density at radius 1 is 1.43 bits per heavy atom. The van der Waals surface area contributed by atoms with Gasteiger partial charge in [-0.1, -0.05) is 0 Å². The summed E-state index contributed by atoms with van der Waals surface area (Å²) in [6.45, 7) is 1.93. The zero-order chi connectivity index (χ0) is 9.80. The third kappa shape index (κ3) is 1.92. The third-order valence-corrected chi connectivity index (χ3v) is 2.74. The highest BCUT2D eigenvalue weighted by Crippen LogP contribution is 2.20.